The number of ether oxygens (including phenoxy) is 1. The number of hydrogen-bond donors (Lipinski definition) is 2. The first-order valence-electron chi connectivity index (χ1n) is 8.81. The molecule has 0 fully saturated rings. The fourth-order valence-corrected chi connectivity index (χ4v) is 2.71. The van der Waals surface area contributed by atoms with Crippen LogP contribution >= 0.6 is 0 Å². The first-order valence-corrected chi connectivity index (χ1v) is 8.81. The lowest BCUT2D eigenvalue weighted by molar-refractivity contribution is 0.102. The molecular formula is C22H20N4O2. The Morgan fingerprint density at radius 2 is 1.96 bits per heavy atom. The smallest absolute Gasteiger partial charge is 0.257 e. The van der Waals surface area contributed by atoms with Gasteiger partial charge < -0.3 is 15.4 Å². The van der Waals surface area contributed by atoms with Gasteiger partial charge in [0, 0.05) is 24.6 Å². The van der Waals surface area contributed by atoms with Crippen LogP contribution in [0.25, 0.3) is 0 Å². The monoisotopic (exact) mass is 372 g/mol. The number of carbonyl (C=O) groups is 1. The number of nitriles is 1. The second-order valence-electron chi connectivity index (χ2n) is 6.14. The number of pyridine rings is 1. The minimum atomic E-state index is -0.279. The van der Waals surface area contributed by atoms with Gasteiger partial charge in [0.05, 0.1) is 30.0 Å². The summed E-state index contributed by atoms with van der Waals surface area (Å²) in [5.74, 6) is 0.553. The summed E-state index contributed by atoms with van der Waals surface area (Å²) in [5.41, 5.74) is 3.42. The van der Waals surface area contributed by atoms with Gasteiger partial charge in [-0.15, -0.1) is 0 Å². The number of aromatic nitrogens is 1. The fourth-order valence-electron chi connectivity index (χ4n) is 2.71. The fraction of sp³-hybridized carbons (Fsp3) is 0.136. The lowest BCUT2D eigenvalue weighted by Crippen LogP contribution is -2.13. The highest BCUT2D eigenvalue weighted by atomic mass is 16.5. The molecule has 3 rings (SSSR count). The molecular weight excluding hydrogens is 352 g/mol. The first kappa shape index (κ1) is 18.9. The van der Waals surface area contributed by atoms with E-state index in [0.717, 1.165) is 23.4 Å². The van der Waals surface area contributed by atoms with Gasteiger partial charge in [0.25, 0.3) is 5.91 Å². The van der Waals surface area contributed by atoms with Crippen LogP contribution in [0.1, 0.15) is 21.5 Å². The van der Waals surface area contributed by atoms with Crippen LogP contribution < -0.4 is 15.4 Å². The van der Waals surface area contributed by atoms with Gasteiger partial charge in [-0.05, 0) is 48.4 Å². The van der Waals surface area contributed by atoms with Crippen molar-refractivity contribution in [3.05, 3.63) is 83.7 Å². The Labute approximate surface area is 163 Å². The standard InChI is InChI=1S/C22H20N4O2/c1-28-21-7-3-4-16(11-21)8-9-25-20-12-18(14-24-15-20)22(27)26-19-6-2-5-17(10-19)13-23/h2-7,10-12,14-15,25H,8-9H2,1H3,(H,26,27). The van der Waals surface area contributed by atoms with E-state index in [0.29, 0.717) is 23.4 Å². The third kappa shape index (κ3) is 5.08. The molecule has 0 atom stereocenters. The number of anilines is 2. The third-order valence-electron chi connectivity index (χ3n) is 4.13. The Morgan fingerprint density at radius 1 is 1.11 bits per heavy atom. The van der Waals surface area contributed by atoms with Gasteiger partial charge in [-0.3, -0.25) is 9.78 Å². The topological polar surface area (TPSA) is 87.0 Å². The Hall–Kier alpha value is -3.85. The predicted octanol–water partition coefficient (Wildman–Crippen LogP) is 3.87. The molecule has 0 aliphatic rings. The first-order chi connectivity index (χ1) is 13.7. The van der Waals surface area contributed by atoms with E-state index < -0.39 is 0 Å². The summed E-state index contributed by atoms with van der Waals surface area (Å²) in [7, 11) is 1.65. The lowest BCUT2D eigenvalue weighted by Gasteiger charge is -2.09. The Bertz CT molecular complexity index is 1010. The van der Waals surface area contributed by atoms with Crippen LogP contribution in [-0.4, -0.2) is 24.5 Å². The molecule has 3 aromatic rings. The second kappa shape index (κ2) is 9.19. The minimum Gasteiger partial charge on any atom is -0.497 e. The molecule has 0 aliphatic carbocycles. The summed E-state index contributed by atoms with van der Waals surface area (Å²) in [4.78, 5) is 16.6. The van der Waals surface area contributed by atoms with E-state index in [2.05, 4.69) is 21.7 Å². The molecule has 0 bridgehead atoms. The molecule has 140 valence electrons. The van der Waals surface area contributed by atoms with E-state index in [4.69, 9.17) is 10.00 Å². The summed E-state index contributed by atoms with van der Waals surface area (Å²) in [6, 6.07) is 18.5. The molecule has 2 N–H and O–H groups in total. The van der Waals surface area contributed by atoms with Crippen molar-refractivity contribution in [3.8, 4) is 11.8 Å². The van der Waals surface area contributed by atoms with E-state index in [1.54, 1.807) is 43.6 Å². The molecule has 28 heavy (non-hydrogen) atoms. The molecule has 2 aromatic carbocycles. The maximum absolute atomic E-state index is 12.5. The van der Waals surface area contributed by atoms with E-state index in [9.17, 15) is 4.79 Å². The van der Waals surface area contributed by atoms with Gasteiger partial charge in [0.15, 0.2) is 0 Å². The SMILES string of the molecule is COc1cccc(CCNc2cncc(C(=O)Nc3cccc(C#N)c3)c2)c1. The third-order valence-corrected chi connectivity index (χ3v) is 4.13. The molecule has 0 spiro atoms. The average Bonchev–Trinajstić information content (AvgIpc) is 2.74. The minimum absolute atomic E-state index is 0.279. The summed E-state index contributed by atoms with van der Waals surface area (Å²) in [5, 5.41) is 15.0. The van der Waals surface area contributed by atoms with Crippen LogP contribution in [0, 0.1) is 11.3 Å². The zero-order chi connectivity index (χ0) is 19.8. The van der Waals surface area contributed by atoms with Crippen molar-refractivity contribution in [2.24, 2.45) is 0 Å². The summed E-state index contributed by atoms with van der Waals surface area (Å²) >= 11 is 0. The number of hydrogen-bond acceptors (Lipinski definition) is 5. The van der Waals surface area contributed by atoms with Crippen LogP contribution in [-0.2, 0) is 6.42 Å². The number of carbonyl (C=O) groups excluding carboxylic acids is 1. The zero-order valence-electron chi connectivity index (χ0n) is 15.5. The highest BCUT2D eigenvalue weighted by molar-refractivity contribution is 6.04. The maximum atomic E-state index is 12.5. The van der Waals surface area contributed by atoms with Gasteiger partial charge >= 0.3 is 0 Å². The van der Waals surface area contributed by atoms with Crippen molar-refractivity contribution in [1.29, 1.82) is 5.26 Å². The molecule has 6 nitrogen and oxygen atoms in total. The van der Waals surface area contributed by atoms with E-state index in [1.807, 2.05) is 24.3 Å². The van der Waals surface area contributed by atoms with Crippen molar-refractivity contribution in [2.45, 2.75) is 6.42 Å². The highest BCUT2D eigenvalue weighted by Crippen LogP contribution is 2.15. The van der Waals surface area contributed by atoms with Crippen molar-refractivity contribution in [1.82, 2.24) is 4.98 Å². The molecule has 6 heteroatoms. The predicted molar refractivity (Wildman–Crippen MR) is 109 cm³/mol. The van der Waals surface area contributed by atoms with Gasteiger partial charge in [0.2, 0.25) is 0 Å². The molecule has 0 aliphatic heterocycles. The largest absolute Gasteiger partial charge is 0.497 e. The molecule has 1 amide bonds. The quantitative estimate of drug-likeness (QED) is 0.657. The zero-order valence-corrected chi connectivity index (χ0v) is 15.5. The van der Waals surface area contributed by atoms with Crippen LogP contribution in [0.4, 0.5) is 11.4 Å². The van der Waals surface area contributed by atoms with Crippen LogP contribution in [0.3, 0.4) is 0 Å². The van der Waals surface area contributed by atoms with Gasteiger partial charge in [0.1, 0.15) is 5.75 Å². The number of nitrogens with one attached hydrogen (secondary N) is 2. The van der Waals surface area contributed by atoms with Gasteiger partial charge in [-0.2, -0.15) is 5.26 Å². The van der Waals surface area contributed by atoms with Gasteiger partial charge in [-0.1, -0.05) is 18.2 Å². The second-order valence-corrected chi connectivity index (χ2v) is 6.14. The van der Waals surface area contributed by atoms with Gasteiger partial charge in [-0.25, -0.2) is 0 Å². The number of amides is 1. The Morgan fingerprint density at radius 3 is 2.79 bits per heavy atom. The number of rotatable bonds is 7. The molecule has 0 saturated heterocycles. The lowest BCUT2D eigenvalue weighted by atomic mass is 10.1. The average molecular weight is 372 g/mol. The van der Waals surface area contributed by atoms with Crippen molar-refractivity contribution in [3.63, 3.8) is 0 Å². The molecule has 0 saturated carbocycles. The summed E-state index contributed by atoms with van der Waals surface area (Å²) in [6.07, 6.45) is 4.00. The van der Waals surface area contributed by atoms with E-state index >= 15 is 0 Å². The Kier molecular flexibility index (Phi) is 6.21. The summed E-state index contributed by atoms with van der Waals surface area (Å²) in [6.45, 7) is 0.699. The molecule has 1 heterocycles. The maximum Gasteiger partial charge on any atom is 0.257 e. The molecule has 0 radical (unpaired) electrons. The number of nitrogens with zero attached hydrogens (tertiary/aromatic N) is 2. The van der Waals surface area contributed by atoms with E-state index in [-0.39, 0.29) is 5.91 Å². The van der Waals surface area contributed by atoms with Crippen LogP contribution in [0.5, 0.6) is 5.75 Å². The van der Waals surface area contributed by atoms with Crippen LogP contribution in [0.15, 0.2) is 67.0 Å². The number of methoxy groups -OCH3 is 1. The Balaban J connectivity index is 1.60. The van der Waals surface area contributed by atoms with Crippen molar-refractivity contribution in [2.75, 3.05) is 24.3 Å². The van der Waals surface area contributed by atoms with Crippen molar-refractivity contribution < 1.29 is 9.53 Å². The normalized spacial score (nSPS) is 10.0. The van der Waals surface area contributed by atoms with Crippen molar-refractivity contribution >= 4 is 17.3 Å². The number of benzene rings is 2. The highest BCUT2D eigenvalue weighted by Gasteiger charge is 2.08. The van der Waals surface area contributed by atoms with E-state index in [1.165, 1.54) is 6.20 Å². The van der Waals surface area contributed by atoms with Crippen LogP contribution in [0.2, 0.25) is 0 Å². The molecule has 0 unspecified atom stereocenters. The summed E-state index contributed by atoms with van der Waals surface area (Å²) < 4.78 is 5.23. The molecule has 1 aromatic heterocycles.